The molecule has 0 radical (unpaired) electrons. The van der Waals surface area contributed by atoms with Crippen LogP contribution in [-0.2, 0) is 13.0 Å². The maximum atomic E-state index is 11.6. The van der Waals surface area contributed by atoms with Gasteiger partial charge in [0, 0.05) is 7.05 Å². The monoisotopic (exact) mass is 328 g/mol. The third-order valence-corrected chi connectivity index (χ3v) is 3.85. The molecule has 5 nitrogen and oxygen atoms in total. The van der Waals surface area contributed by atoms with Crippen LogP contribution in [0.2, 0.25) is 0 Å². The minimum absolute atomic E-state index is 0.284. The topological polar surface area (TPSA) is 59.6 Å². The van der Waals surface area contributed by atoms with Crippen LogP contribution in [0.1, 0.15) is 23.6 Å². The van der Waals surface area contributed by atoms with Gasteiger partial charge in [-0.2, -0.15) is 0 Å². The van der Waals surface area contributed by atoms with E-state index in [2.05, 4.69) is 29.7 Å². The van der Waals surface area contributed by atoms with Crippen LogP contribution in [-0.4, -0.2) is 20.2 Å². The van der Waals surface area contributed by atoms with E-state index in [-0.39, 0.29) is 6.03 Å². The van der Waals surface area contributed by atoms with Crippen LogP contribution in [0.5, 0.6) is 11.5 Å². The van der Waals surface area contributed by atoms with Crippen molar-refractivity contribution in [3.05, 3.63) is 53.1 Å². The Labute approximate surface area is 143 Å². The van der Waals surface area contributed by atoms with Gasteiger partial charge in [-0.25, -0.2) is 4.79 Å². The lowest BCUT2D eigenvalue weighted by Crippen LogP contribution is -2.25. The summed E-state index contributed by atoms with van der Waals surface area (Å²) in [4.78, 5) is 11.6. The van der Waals surface area contributed by atoms with Crippen LogP contribution in [0.25, 0.3) is 0 Å². The molecule has 0 fully saturated rings. The summed E-state index contributed by atoms with van der Waals surface area (Å²) in [5.41, 5.74) is 3.82. The van der Waals surface area contributed by atoms with E-state index >= 15 is 0 Å². The van der Waals surface area contributed by atoms with Gasteiger partial charge in [0.1, 0.15) is 18.1 Å². The number of anilines is 1. The molecule has 128 valence electrons. The van der Waals surface area contributed by atoms with Crippen molar-refractivity contribution < 1.29 is 14.3 Å². The van der Waals surface area contributed by atoms with Crippen LogP contribution < -0.4 is 20.1 Å². The number of methoxy groups -OCH3 is 1. The van der Waals surface area contributed by atoms with Gasteiger partial charge in [0.05, 0.1) is 18.4 Å². The Kier molecular flexibility index (Phi) is 6.07. The molecular weight excluding hydrogens is 304 g/mol. The molecule has 2 aromatic carbocycles. The van der Waals surface area contributed by atoms with Crippen molar-refractivity contribution in [2.24, 2.45) is 0 Å². The van der Waals surface area contributed by atoms with Crippen LogP contribution >= 0.6 is 0 Å². The molecule has 2 rings (SSSR count). The second-order valence-corrected chi connectivity index (χ2v) is 5.43. The van der Waals surface area contributed by atoms with Gasteiger partial charge in [-0.15, -0.1) is 0 Å². The van der Waals surface area contributed by atoms with E-state index < -0.39 is 0 Å². The van der Waals surface area contributed by atoms with Gasteiger partial charge in [-0.1, -0.05) is 25.1 Å². The lowest BCUT2D eigenvalue weighted by atomic mass is 10.1. The lowest BCUT2D eigenvalue weighted by Gasteiger charge is -2.16. The first-order valence-electron chi connectivity index (χ1n) is 7.96. The highest BCUT2D eigenvalue weighted by atomic mass is 16.5. The van der Waals surface area contributed by atoms with Crippen LogP contribution in [0.3, 0.4) is 0 Å². The summed E-state index contributed by atoms with van der Waals surface area (Å²) in [6.45, 7) is 4.46. The number of rotatable bonds is 6. The van der Waals surface area contributed by atoms with E-state index in [1.165, 1.54) is 5.56 Å². The van der Waals surface area contributed by atoms with Crippen LogP contribution in [0.4, 0.5) is 10.5 Å². The molecule has 0 spiro atoms. The highest BCUT2D eigenvalue weighted by Crippen LogP contribution is 2.29. The Balaban J connectivity index is 2.23. The van der Waals surface area contributed by atoms with Gasteiger partial charge in [0.15, 0.2) is 0 Å². The SMILES string of the molecule is CCc1ccc(OCc2c(NC(=O)NC)cccc2OC)c(C)c1. The third-order valence-electron chi connectivity index (χ3n) is 3.85. The normalized spacial score (nSPS) is 10.2. The summed E-state index contributed by atoms with van der Waals surface area (Å²) in [5.74, 6) is 1.50. The average molecular weight is 328 g/mol. The molecule has 2 amide bonds. The smallest absolute Gasteiger partial charge is 0.318 e. The maximum Gasteiger partial charge on any atom is 0.318 e. The van der Waals surface area contributed by atoms with E-state index in [9.17, 15) is 4.79 Å². The number of carbonyl (C=O) groups excluding carboxylic acids is 1. The van der Waals surface area contributed by atoms with E-state index in [1.807, 2.05) is 31.2 Å². The number of benzene rings is 2. The summed E-state index contributed by atoms with van der Waals surface area (Å²) in [7, 11) is 3.17. The molecule has 24 heavy (non-hydrogen) atoms. The van der Waals surface area contributed by atoms with Crippen molar-refractivity contribution in [1.29, 1.82) is 0 Å². The minimum Gasteiger partial charge on any atom is -0.496 e. The largest absolute Gasteiger partial charge is 0.496 e. The lowest BCUT2D eigenvalue weighted by molar-refractivity contribution is 0.254. The van der Waals surface area contributed by atoms with E-state index in [4.69, 9.17) is 9.47 Å². The molecule has 5 heteroatoms. The second kappa shape index (κ2) is 8.24. The van der Waals surface area contributed by atoms with Crippen molar-refractivity contribution in [3.8, 4) is 11.5 Å². The fourth-order valence-electron chi connectivity index (χ4n) is 2.45. The average Bonchev–Trinajstić information content (AvgIpc) is 2.60. The van der Waals surface area contributed by atoms with E-state index in [0.717, 1.165) is 23.3 Å². The summed E-state index contributed by atoms with van der Waals surface area (Å²) in [6, 6.07) is 11.4. The van der Waals surface area contributed by atoms with Crippen molar-refractivity contribution in [1.82, 2.24) is 5.32 Å². The fraction of sp³-hybridized carbons (Fsp3) is 0.316. The Morgan fingerprint density at radius 1 is 1.17 bits per heavy atom. The molecule has 2 N–H and O–H groups in total. The predicted octanol–water partition coefficient (Wildman–Crippen LogP) is 3.90. The van der Waals surface area contributed by atoms with Crippen LogP contribution in [0, 0.1) is 6.92 Å². The number of aryl methyl sites for hydroxylation is 2. The molecule has 0 atom stereocenters. The molecule has 0 saturated carbocycles. The van der Waals surface area contributed by atoms with Crippen molar-refractivity contribution in [3.63, 3.8) is 0 Å². The maximum absolute atomic E-state index is 11.6. The van der Waals surface area contributed by atoms with E-state index in [0.29, 0.717) is 18.0 Å². The van der Waals surface area contributed by atoms with Gasteiger partial charge in [-0.05, 0) is 42.7 Å². The van der Waals surface area contributed by atoms with Gasteiger partial charge >= 0.3 is 6.03 Å². The first-order valence-corrected chi connectivity index (χ1v) is 7.96. The number of nitrogens with one attached hydrogen (secondary N) is 2. The summed E-state index contributed by atoms with van der Waals surface area (Å²) in [5, 5.41) is 5.34. The number of amides is 2. The van der Waals surface area contributed by atoms with Crippen molar-refractivity contribution in [2.75, 3.05) is 19.5 Å². The number of hydrogen-bond acceptors (Lipinski definition) is 3. The highest BCUT2D eigenvalue weighted by Gasteiger charge is 2.12. The van der Waals surface area contributed by atoms with E-state index in [1.54, 1.807) is 14.2 Å². The van der Waals surface area contributed by atoms with Gasteiger partial charge in [0.25, 0.3) is 0 Å². The number of hydrogen-bond donors (Lipinski definition) is 2. The molecule has 0 aliphatic rings. The molecular formula is C19H24N2O3. The summed E-state index contributed by atoms with van der Waals surface area (Å²) >= 11 is 0. The fourth-order valence-corrected chi connectivity index (χ4v) is 2.45. The van der Waals surface area contributed by atoms with Crippen LogP contribution in [0.15, 0.2) is 36.4 Å². The summed E-state index contributed by atoms with van der Waals surface area (Å²) < 4.78 is 11.4. The molecule has 0 saturated heterocycles. The molecule has 2 aromatic rings. The first kappa shape index (κ1) is 17.7. The molecule has 0 aliphatic heterocycles. The molecule has 0 unspecified atom stereocenters. The third kappa shape index (κ3) is 4.19. The van der Waals surface area contributed by atoms with Crippen molar-refractivity contribution >= 4 is 11.7 Å². The molecule has 0 heterocycles. The molecule has 0 bridgehead atoms. The first-order chi connectivity index (χ1) is 11.6. The number of ether oxygens (including phenoxy) is 2. The zero-order valence-electron chi connectivity index (χ0n) is 14.6. The zero-order chi connectivity index (χ0) is 17.5. The Hall–Kier alpha value is -2.69. The Morgan fingerprint density at radius 2 is 1.96 bits per heavy atom. The van der Waals surface area contributed by atoms with Gasteiger partial charge in [0.2, 0.25) is 0 Å². The minimum atomic E-state index is -0.284. The Morgan fingerprint density at radius 3 is 2.58 bits per heavy atom. The van der Waals surface area contributed by atoms with Crippen molar-refractivity contribution in [2.45, 2.75) is 26.9 Å². The number of carbonyl (C=O) groups is 1. The Bertz CT molecular complexity index is 714. The second-order valence-electron chi connectivity index (χ2n) is 5.43. The number of urea groups is 1. The predicted molar refractivity (Wildman–Crippen MR) is 96.0 cm³/mol. The van der Waals surface area contributed by atoms with Gasteiger partial charge < -0.3 is 20.1 Å². The van der Waals surface area contributed by atoms with Gasteiger partial charge in [-0.3, -0.25) is 0 Å². The standard InChI is InChI=1S/C19H24N2O3/c1-5-14-9-10-17(13(2)11-14)24-12-15-16(21-19(22)20-3)7-6-8-18(15)23-4/h6-11H,5,12H2,1-4H3,(H2,20,21,22). The quantitative estimate of drug-likeness (QED) is 0.845. The molecule has 0 aliphatic carbocycles. The summed E-state index contributed by atoms with van der Waals surface area (Å²) in [6.07, 6.45) is 0.994. The highest BCUT2D eigenvalue weighted by molar-refractivity contribution is 5.90. The zero-order valence-corrected chi connectivity index (χ0v) is 14.6. The molecule has 0 aromatic heterocycles.